The summed E-state index contributed by atoms with van der Waals surface area (Å²) in [5.41, 5.74) is 1.24. The molecule has 0 radical (unpaired) electrons. The van der Waals surface area contributed by atoms with Crippen LogP contribution in [0.2, 0.25) is 0 Å². The molecule has 0 spiro atoms. The van der Waals surface area contributed by atoms with Gasteiger partial charge in [0.25, 0.3) is 5.97 Å². The Morgan fingerprint density at radius 3 is 2.06 bits per heavy atom. The number of carboxylic acid groups (broad SMARTS) is 1. The Kier molecular flexibility index (Phi) is 4.15. The Morgan fingerprint density at radius 2 is 1.69 bits per heavy atom. The highest BCUT2D eigenvalue weighted by Gasteiger charge is 2.13. The first-order valence-corrected chi connectivity index (χ1v) is 4.65. The summed E-state index contributed by atoms with van der Waals surface area (Å²) >= 11 is 0. The van der Waals surface area contributed by atoms with Crippen molar-refractivity contribution in [3.8, 4) is 0 Å². The van der Waals surface area contributed by atoms with Gasteiger partial charge in [0.1, 0.15) is 5.71 Å². The van der Waals surface area contributed by atoms with E-state index < -0.39 is 5.97 Å². The van der Waals surface area contributed by atoms with Crippen molar-refractivity contribution in [2.75, 3.05) is 0 Å². The summed E-state index contributed by atoms with van der Waals surface area (Å²) in [5, 5.41) is 7.42. The van der Waals surface area contributed by atoms with Crippen LogP contribution in [0.25, 0.3) is 0 Å². The van der Waals surface area contributed by atoms with E-state index in [0.29, 0.717) is 11.3 Å². The number of carbonyl (C=O) groups is 2. The van der Waals surface area contributed by atoms with Crippen LogP contribution in [0.4, 0.5) is 0 Å². The highest BCUT2D eigenvalue weighted by atomic mass is 16.4. The largest absolute Gasteiger partial charge is 0.481 e. The van der Waals surface area contributed by atoms with E-state index in [1.807, 2.05) is 18.2 Å². The number of hydrogen-bond acceptors (Lipinski definition) is 3. The van der Waals surface area contributed by atoms with Gasteiger partial charge >= 0.3 is 0 Å². The zero-order valence-corrected chi connectivity index (χ0v) is 8.75. The average molecular weight is 217 g/mol. The number of nitrogens with zero attached hydrogens (tertiary/aromatic N) is 1. The summed E-state index contributed by atoms with van der Waals surface area (Å²) in [7, 11) is 0. The molecule has 1 aliphatic rings. The standard InChI is InChI=1S/C10H7NO.C2H4O2/c12-10(9-6-7-11-9)8-4-2-1-3-5-8;1-2(3)4/h1-7H;1H3,(H,3,4). The van der Waals surface area contributed by atoms with Gasteiger partial charge in [-0.3, -0.25) is 14.6 Å². The van der Waals surface area contributed by atoms with Crippen molar-refractivity contribution < 1.29 is 14.7 Å². The van der Waals surface area contributed by atoms with E-state index in [4.69, 9.17) is 9.90 Å². The fraction of sp³-hybridized carbons (Fsp3) is 0.0833. The maximum Gasteiger partial charge on any atom is 0.300 e. The number of carbonyl (C=O) groups excluding carboxylic acids is 1. The van der Waals surface area contributed by atoms with Gasteiger partial charge in [-0.25, -0.2) is 0 Å². The van der Waals surface area contributed by atoms with Crippen LogP contribution in [0.1, 0.15) is 17.3 Å². The summed E-state index contributed by atoms with van der Waals surface area (Å²) in [5.74, 6) is -0.835. The molecule has 4 heteroatoms. The minimum Gasteiger partial charge on any atom is -0.481 e. The fourth-order valence-corrected chi connectivity index (χ4v) is 1.02. The first-order valence-electron chi connectivity index (χ1n) is 4.65. The molecule has 1 aromatic rings. The Hall–Kier alpha value is -2.23. The molecule has 1 aliphatic heterocycles. The zero-order valence-electron chi connectivity index (χ0n) is 8.75. The lowest BCUT2D eigenvalue weighted by Crippen LogP contribution is -2.14. The molecule has 2 rings (SSSR count). The third kappa shape index (κ3) is 3.49. The highest BCUT2D eigenvalue weighted by molar-refractivity contribution is 6.51. The van der Waals surface area contributed by atoms with E-state index in [1.54, 1.807) is 24.4 Å². The molecular formula is C12H11NO3. The van der Waals surface area contributed by atoms with Gasteiger partial charge in [0.05, 0.1) is 0 Å². The number of Topliss-reactive ketones (excluding diaryl/α,β-unsaturated/α-hetero) is 1. The zero-order chi connectivity index (χ0) is 12.0. The molecule has 1 N–H and O–H groups in total. The molecule has 0 amide bonds. The van der Waals surface area contributed by atoms with Crippen molar-refractivity contribution in [1.82, 2.24) is 0 Å². The van der Waals surface area contributed by atoms with Gasteiger partial charge in [0, 0.05) is 18.7 Å². The lowest BCUT2D eigenvalue weighted by Gasteiger charge is -2.03. The van der Waals surface area contributed by atoms with Crippen LogP contribution in [0.3, 0.4) is 0 Å². The SMILES string of the molecule is CC(=O)O.O=C(C1=NC=C1)c1ccccc1. The molecule has 4 nitrogen and oxygen atoms in total. The minimum atomic E-state index is -0.833. The van der Waals surface area contributed by atoms with Crippen molar-refractivity contribution >= 4 is 17.5 Å². The second-order valence-corrected chi connectivity index (χ2v) is 3.04. The lowest BCUT2D eigenvalue weighted by atomic mass is 10.1. The first kappa shape index (κ1) is 11.8. The Morgan fingerprint density at radius 1 is 1.19 bits per heavy atom. The van der Waals surface area contributed by atoms with Crippen LogP contribution in [0.5, 0.6) is 0 Å². The van der Waals surface area contributed by atoms with E-state index in [-0.39, 0.29) is 5.78 Å². The molecule has 82 valence electrons. The van der Waals surface area contributed by atoms with Crippen molar-refractivity contribution in [3.63, 3.8) is 0 Å². The van der Waals surface area contributed by atoms with E-state index >= 15 is 0 Å². The molecule has 0 aliphatic carbocycles. The van der Waals surface area contributed by atoms with Crippen molar-refractivity contribution in [2.24, 2.45) is 4.99 Å². The molecule has 16 heavy (non-hydrogen) atoms. The maximum absolute atomic E-state index is 11.4. The molecule has 0 saturated heterocycles. The number of rotatable bonds is 2. The molecule has 0 bridgehead atoms. The number of carboxylic acids is 1. The van der Waals surface area contributed by atoms with Crippen LogP contribution >= 0.6 is 0 Å². The molecule has 0 saturated carbocycles. The topological polar surface area (TPSA) is 66.7 Å². The molecule has 0 fully saturated rings. The van der Waals surface area contributed by atoms with E-state index in [0.717, 1.165) is 6.92 Å². The second kappa shape index (κ2) is 5.60. The molecular weight excluding hydrogens is 206 g/mol. The molecule has 0 atom stereocenters. The second-order valence-electron chi connectivity index (χ2n) is 3.04. The van der Waals surface area contributed by atoms with Gasteiger partial charge in [-0.2, -0.15) is 0 Å². The third-order valence-electron chi connectivity index (χ3n) is 1.71. The number of benzene rings is 1. The van der Waals surface area contributed by atoms with Crippen LogP contribution in [-0.2, 0) is 4.79 Å². The van der Waals surface area contributed by atoms with E-state index in [9.17, 15) is 4.79 Å². The number of aliphatic carboxylic acids is 1. The third-order valence-corrected chi connectivity index (χ3v) is 1.71. The lowest BCUT2D eigenvalue weighted by molar-refractivity contribution is -0.134. The van der Waals surface area contributed by atoms with Gasteiger partial charge in [0.2, 0.25) is 5.78 Å². The summed E-state index contributed by atoms with van der Waals surface area (Å²) in [6.45, 7) is 1.08. The maximum atomic E-state index is 11.4. The van der Waals surface area contributed by atoms with Crippen molar-refractivity contribution in [2.45, 2.75) is 6.92 Å². The fourth-order valence-electron chi connectivity index (χ4n) is 1.02. The van der Waals surface area contributed by atoms with Gasteiger partial charge in [-0.05, 0) is 6.08 Å². The number of hydrogen-bond donors (Lipinski definition) is 1. The van der Waals surface area contributed by atoms with E-state index in [2.05, 4.69) is 4.99 Å². The smallest absolute Gasteiger partial charge is 0.300 e. The summed E-state index contributed by atoms with van der Waals surface area (Å²) in [6.07, 6.45) is 3.34. The molecule has 1 heterocycles. The Labute approximate surface area is 92.9 Å². The first-order chi connectivity index (χ1) is 7.61. The number of aliphatic imine (C=N–C) groups is 1. The number of allylic oxidation sites excluding steroid dienone is 1. The van der Waals surface area contributed by atoms with Crippen LogP contribution in [0.15, 0.2) is 47.6 Å². The van der Waals surface area contributed by atoms with Crippen LogP contribution < -0.4 is 0 Å². The molecule has 0 aromatic heterocycles. The average Bonchev–Trinajstić information content (AvgIpc) is 2.15. The summed E-state index contributed by atoms with van der Waals surface area (Å²) in [6, 6.07) is 9.15. The van der Waals surface area contributed by atoms with E-state index in [1.165, 1.54) is 0 Å². The van der Waals surface area contributed by atoms with Gasteiger partial charge in [-0.1, -0.05) is 30.3 Å². The van der Waals surface area contributed by atoms with Gasteiger partial charge in [0.15, 0.2) is 0 Å². The quantitative estimate of drug-likeness (QED) is 0.769. The summed E-state index contributed by atoms with van der Waals surface area (Å²) < 4.78 is 0. The number of ketones is 1. The predicted molar refractivity (Wildman–Crippen MR) is 60.7 cm³/mol. The Bertz CT molecular complexity index is 443. The van der Waals surface area contributed by atoms with Crippen molar-refractivity contribution in [1.29, 1.82) is 0 Å². The van der Waals surface area contributed by atoms with Crippen molar-refractivity contribution in [3.05, 3.63) is 48.2 Å². The van der Waals surface area contributed by atoms with Crippen LogP contribution in [-0.4, -0.2) is 22.6 Å². The Balaban J connectivity index is 0.000000280. The molecule has 0 unspecified atom stereocenters. The van der Waals surface area contributed by atoms with Crippen LogP contribution in [0, 0.1) is 0 Å². The van der Waals surface area contributed by atoms with Gasteiger partial charge in [-0.15, -0.1) is 0 Å². The summed E-state index contributed by atoms with van der Waals surface area (Å²) in [4.78, 5) is 24.3. The minimum absolute atomic E-state index is 0.00176. The predicted octanol–water partition coefficient (Wildman–Crippen LogP) is 1.93. The van der Waals surface area contributed by atoms with Gasteiger partial charge < -0.3 is 5.11 Å². The molecule has 1 aromatic carbocycles. The highest BCUT2D eigenvalue weighted by Crippen LogP contribution is 2.06. The normalized spacial score (nSPS) is 11.7. The monoisotopic (exact) mass is 217 g/mol.